The zero-order valence-electron chi connectivity index (χ0n) is 13.4. The van der Waals surface area contributed by atoms with Crippen molar-refractivity contribution in [3.05, 3.63) is 35.9 Å². The molecule has 1 atom stereocenters. The van der Waals surface area contributed by atoms with E-state index in [0.717, 1.165) is 6.54 Å². The van der Waals surface area contributed by atoms with E-state index in [2.05, 4.69) is 34.7 Å². The Morgan fingerprint density at radius 1 is 1.23 bits per heavy atom. The molecule has 0 spiro atoms. The van der Waals surface area contributed by atoms with Crippen molar-refractivity contribution < 1.29 is 8.42 Å². The second-order valence-corrected chi connectivity index (χ2v) is 7.43. The van der Waals surface area contributed by atoms with Gasteiger partial charge in [-0.1, -0.05) is 37.3 Å². The maximum atomic E-state index is 11.0. The van der Waals surface area contributed by atoms with E-state index in [1.165, 1.54) is 11.8 Å². The maximum absolute atomic E-state index is 11.0. The summed E-state index contributed by atoms with van der Waals surface area (Å²) < 4.78 is 22.1. The number of sulfone groups is 1. The van der Waals surface area contributed by atoms with Gasteiger partial charge >= 0.3 is 0 Å². The molecule has 0 amide bonds. The number of benzene rings is 1. The SMILES string of the molecule is CN=C(NCCCS(C)(=O)=O)NCC(C)c1ccccc1.I. The molecule has 0 radical (unpaired) electrons. The van der Waals surface area contributed by atoms with Gasteiger partial charge in [0.15, 0.2) is 5.96 Å². The van der Waals surface area contributed by atoms with Crippen LogP contribution in [0.15, 0.2) is 35.3 Å². The lowest BCUT2D eigenvalue weighted by atomic mass is 10.0. The van der Waals surface area contributed by atoms with Crippen molar-refractivity contribution in [2.75, 3.05) is 32.1 Å². The largest absolute Gasteiger partial charge is 0.356 e. The van der Waals surface area contributed by atoms with Gasteiger partial charge in [-0.05, 0) is 17.9 Å². The highest BCUT2D eigenvalue weighted by molar-refractivity contribution is 14.0. The summed E-state index contributed by atoms with van der Waals surface area (Å²) in [6, 6.07) is 10.3. The molecular weight excluding hydrogens is 413 g/mol. The Bertz CT molecular complexity index is 547. The van der Waals surface area contributed by atoms with Gasteiger partial charge in [-0.2, -0.15) is 0 Å². The highest BCUT2D eigenvalue weighted by Gasteiger charge is 2.06. The van der Waals surface area contributed by atoms with Crippen LogP contribution in [0.2, 0.25) is 0 Å². The second-order valence-electron chi connectivity index (χ2n) is 5.18. The van der Waals surface area contributed by atoms with Gasteiger partial charge in [-0.15, -0.1) is 24.0 Å². The summed E-state index contributed by atoms with van der Waals surface area (Å²) in [5.41, 5.74) is 1.28. The molecule has 0 saturated carbocycles. The summed E-state index contributed by atoms with van der Waals surface area (Å²) in [4.78, 5) is 4.13. The van der Waals surface area contributed by atoms with Crippen LogP contribution in [0, 0.1) is 0 Å². The van der Waals surface area contributed by atoms with Crippen molar-refractivity contribution in [1.29, 1.82) is 0 Å². The summed E-state index contributed by atoms with van der Waals surface area (Å²) in [5, 5.41) is 6.38. The first-order valence-corrected chi connectivity index (χ1v) is 9.15. The van der Waals surface area contributed by atoms with E-state index in [1.807, 2.05) is 18.2 Å². The minimum Gasteiger partial charge on any atom is -0.356 e. The molecule has 0 aromatic heterocycles. The molecule has 0 aliphatic heterocycles. The molecule has 0 fully saturated rings. The molecular formula is C15H26IN3O2S. The van der Waals surface area contributed by atoms with E-state index in [4.69, 9.17) is 0 Å². The van der Waals surface area contributed by atoms with Crippen molar-refractivity contribution in [2.45, 2.75) is 19.3 Å². The van der Waals surface area contributed by atoms with Crippen LogP contribution >= 0.6 is 24.0 Å². The van der Waals surface area contributed by atoms with Crippen LogP contribution in [0.25, 0.3) is 0 Å². The highest BCUT2D eigenvalue weighted by atomic mass is 127. The van der Waals surface area contributed by atoms with Gasteiger partial charge in [0.2, 0.25) is 0 Å². The molecule has 1 aromatic rings. The van der Waals surface area contributed by atoms with Crippen LogP contribution in [-0.2, 0) is 9.84 Å². The van der Waals surface area contributed by atoms with Crippen LogP contribution in [0.1, 0.15) is 24.8 Å². The molecule has 126 valence electrons. The average molecular weight is 439 g/mol. The predicted octanol–water partition coefficient (Wildman–Crippen LogP) is 2.01. The third-order valence-electron chi connectivity index (χ3n) is 3.15. The fourth-order valence-electron chi connectivity index (χ4n) is 1.91. The number of guanidine groups is 1. The first kappa shape index (κ1) is 21.2. The molecule has 7 heteroatoms. The third kappa shape index (κ3) is 9.24. The van der Waals surface area contributed by atoms with Gasteiger partial charge in [0.05, 0.1) is 5.75 Å². The summed E-state index contributed by atoms with van der Waals surface area (Å²) in [6.07, 6.45) is 1.83. The fraction of sp³-hybridized carbons (Fsp3) is 0.533. The second kappa shape index (κ2) is 10.8. The molecule has 0 aliphatic rings. The molecule has 0 heterocycles. The predicted molar refractivity (Wildman–Crippen MR) is 104 cm³/mol. The van der Waals surface area contributed by atoms with E-state index < -0.39 is 9.84 Å². The van der Waals surface area contributed by atoms with Crippen molar-refractivity contribution >= 4 is 39.8 Å². The number of hydrogen-bond donors (Lipinski definition) is 2. The lowest BCUT2D eigenvalue weighted by molar-refractivity contribution is 0.598. The van der Waals surface area contributed by atoms with Crippen molar-refractivity contribution in [1.82, 2.24) is 10.6 Å². The molecule has 22 heavy (non-hydrogen) atoms. The molecule has 0 saturated heterocycles. The molecule has 1 aromatic carbocycles. The Balaban J connectivity index is 0.00000441. The van der Waals surface area contributed by atoms with Crippen molar-refractivity contribution in [3.63, 3.8) is 0 Å². The smallest absolute Gasteiger partial charge is 0.190 e. The number of halogens is 1. The summed E-state index contributed by atoms with van der Waals surface area (Å²) in [7, 11) is -1.18. The standard InChI is InChI=1S/C15H25N3O2S.HI/c1-13(14-8-5-4-6-9-14)12-18-15(16-2)17-10-7-11-21(3,19)20;/h4-6,8-9,13H,7,10-12H2,1-3H3,(H2,16,17,18);1H. The van der Waals surface area contributed by atoms with Gasteiger partial charge in [-0.3, -0.25) is 4.99 Å². The zero-order valence-corrected chi connectivity index (χ0v) is 16.5. The topological polar surface area (TPSA) is 70.6 Å². The number of nitrogens with zero attached hydrogens (tertiary/aromatic N) is 1. The molecule has 1 unspecified atom stereocenters. The molecule has 2 N–H and O–H groups in total. The highest BCUT2D eigenvalue weighted by Crippen LogP contribution is 2.12. The lowest BCUT2D eigenvalue weighted by Crippen LogP contribution is -2.39. The minimum absolute atomic E-state index is 0. The Morgan fingerprint density at radius 2 is 1.86 bits per heavy atom. The normalized spacial score (nSPS) is 13.1. The summed E-state index contributed by atoms with van der Waals surface area (Å²) in [5.74, 6) is 1.27. The van der Waals surface area contributed by atoms with E-state index in [-0.39, 0.29) is 29.7 Å². The van der Waals surface area contributed by atoms with Crippen molar-refractivity contribution in [3.8, 4) is 0 Å². The average Bonchev–Trinajstić information content (AvgIpc) is 2.46. The molecule has 1 rings (SSSR count). The summed E-state index contributed by atoms with van der Waals surface area (Å²) in [6.45, 7) is 3.52. The van der Waals surface area contributed by atoms with Crippen LogP contribution in [-0.4, -0.2) is 46.5 Å². The number of rotatable bonds is 7. The van der Waals surface area contributed by atoms with Gasteiger partial charge < -0.3 is 10.6 Å². The van der Waals surface area contributed by atoms with Crippen LogP contribution in [0.3, 0.4) is 0 Å². The Kier molecular flexibility index (Phi) is 10.4. The van der Waals surface area contributed by atoms with Gasteiger partial charge in [0, 0.05) is 26.4 Å². The Hall–Kier alpha value is -0.830. The molecule has 5 nitrogen and oxygen atoms in total. The van der Waals surface area contributed by atoms with Gasteiger partial charge in [-0.25, -0.2) is 8.42 Å². The van der Waals surface area contributed by atoms with Gasteiger partial charge in [0.25, 0.3) is 0 Å². The number of nitrogens with one attached hydrogen (secondary N) is 2. The van der Waals surface area contributed by atoms with Crippen LogP contribution in [0.4, 0.5) is 0 Å². The maximum Gasteiger partial charge on any atom is 0.190 e. The quantitative estimate of drug-likeness (QED) is 0.295. The monoisotopic (exact) mass is 439 g/mol. The lowest BCUT2D eigenvalue weighted by Gasteiger charge is -2.16. The third-order valence-corrected chi connectivity index (χ3v) is 4.18. The van der Waals surface area contributed by atoms with Crippen LogP contribution < -0.4 is 10.6 Å². The van der Waals surface area contributed by atoms with Gasteiger partial charge in [0.1, 0.15) is 9.84 Å². The molecule has 0 aliphatic carbocycles. The molecule has 0 bridgehead atoms. The zero-order chi connectivity index (χ0) is 15.7. The fourth-order valence-corrected chi connectivity index (χ4v) is 2.58. The van der Waals surface area contributed by atoms with Crippen LogP contribution in [0.5, 0.6) is 0 Å². The Labute approximate surface area is 150 Å². The summed E-state index contributed by atoms with van der Waals surface area (Å²) >= 11 is 0. The van der Waals surface area contributed by atoms with Crippen molar-refractivity contribution in [2.24, 2.45) is 4.99 Å². The first-order valence-electron chi connectivity index (χ1n) is 7.09. The number of aliphatic imine (C=N–C) groups is 1. The van der Waals surface area contributed by atoms with E-state index in [9.17, 15) is 8.42 Å². The Morgan fingerprint density at radius 3 is 2.41 bits per heavy atom. The van der Waals surface area contributed by atoms with E-state index >= 15 is 0 Å². The van der Waals surface area contributed by atoms with E-state index in [0.29, 0.717) is 24.8 Å². The van der Waals surface area contributed by atoms with E-state index in [1.54, 1.807) is 7.05 Å². The minimum atomic E-state index is -2.89. The number of hydrogen-bond acceptors (Lipinski definition) is 3. The first-order chi connectivity index (χ1) is 9.92.